The number of sulfonamides is 1. The number of benzene rings is 1. The van der Waals surface area contributed by atoms with Crippen LogP contribution in [-0.2, 0) is 21.2 Å². The number of hydrogen-bond acceptors (Lipinski definition) is 5. The molecule has 9 heteroatoms. The molecule has 21 heavy (non-hydrogen) atoms. The molecule has 0 unspecified atom stereocenters. The predicted molar refractivity (Wildman–Crippen MR) is 83.1 cm³/mol. The first kappa shape index (κ1) is 15.9. The smallest absolute Gasteiger partial charge is 0.309 e. The van der Waals surface area contributed by atoms with Crippen molar-refractivity contribution >= 4 is 48.4 Å². The third-order valence-corrected chi connectivity index (χ3v) is 5.73. The molecule has 0 radical (unpaired) electrons. The molecule has 0 aliphatic rings. The maximum atomic E-state index is 12.3. The lowest BCUT2D eigenvalue weighted by atomic mass is 10.2. The first-order chi connectivity index (χ1) is 9.78. The Bertz CT molecular complexity index is 786. The van der Waals surface area contributed by atoms with E-state index in [1.165, 1.54) is 11.4 Å². The number of thiazole rings is 1. The summed E-state index contributed by atoms with van der Waals surface area (Å²) in [6, 6.07) is 4.89. The number of carbonyl (C=O) groups is 1. The SMILES string of the molecule is Cc1ccc(S(=O)(=O)Nc2nc(CC(=O)O)cs2)c(Br)c1. The van der Waals surface area contributed by atoms with E-state index in [0.29, 0.717) is 10.2 Å². The highest BCUT2D eigenvalue weighted by Crippen LogP contribution is 2.26. The number of nitrogens with zero attached hydrogens (tertiary/aromatic N) is 1. The highest BCUT2D eigenvalue weighted by atomic mass is 79.9. The zero-order valence-electron chi connectivity index (χ0n) is 10.8. The second-order valence-electron chi connectivity index (χ2n) is 4.25. The van der Waals surface area contributed by atoms with E-state index in [1.807, 2.05) is 6.92 Å². The van der Waals surface area contributed by atoms with Crippen LogP contribution < -0.4 is 4.72 Å². The van der Waals surface area contributed by atoms with E-state index in [9.17, 15) is 13.2 Å². The van der Waals surface area contributed by atoms with Crippen molar-refractivity contribution in [3.8, 4) is 0 Å². The summed E-state index contributed by atoms with van der Waals surface area (Å²) in [7, 11) is -3.77. The number of nitrogens with one attached hydrogen (secondary N) is 1. The lowest BCUT2D eigenvalue weighted by Crippen LogP contribution is -2.13. The van der Waals surface area contributed by atoms with Crippen molar-refractivity contribution in [3.05, 3.63) is 39.3 Å². The van der Waals surface area contributed by atoms with Crippen LogP contribution >= 0.6 is 27.3 Å². The summed E-state index contributed by atoms with van der Waals surface area (Å²) < 4.78 is 27.3. The molecule has 112 valence electrons. The first-order valence-electron chi connectivity index (χ1n) is 5.73. The van der Waals surface area contributed by atoms with Crippen molar-refractivity contribution in [1.29, 1.82) is 0 Å². The summed E-state index contributed by atoms with van der Waals surface area (Å²) in [5.41, 5.74) is 1.24. The van der Waals surface area contributed by atoms with Crippen LogP contribution in [0.1, 0.15) is 11.3 Å². The third kappa shape index (κ3) is 4.02. The first-order valence-corrected chi connectivity index (χ1v) is 8.88. The molecule has 6 nitrogen and oxygen atoms in total. The largest absolute Gasteiger partial charge is 0.481 e. The van der Waals surface area contributed by atoms with Crippen molar-refractivity contribution in [2.45, 2.75) is 18.2 Å². The van der Waals surface area contributed by atoms with E-state index < -0.39 is 16.0 Å². The van der Waals surface area contributed by atoms with Gasteiger partial charge in [-0.05, 0) is 40.5 Å². The topological polar surface area (TPSA) is 96.4 Å². The van der Waals surface area contributed by atoms with Crippen LogP contribution in [0.4, 0.5) is 5.13 Å². The number of carboxylic acid groups (broad SMARTS) is 1. The number of aliphatic carboxylic acids is 1. The molecule has 2 aromatic rings. The minimum Gasteiger partial charge on any atom is -0.481 e. The molecule has 0 fully saturated rings. The number of carboxylic acids is 1. The average molecular weight is 391 g/mol. The highest BCUT2D eigenvalue weighted by Gasteiger charge is 2.19. The lowest BCUT2D eigenvalue weighted by molar-refractivity contribution is -0.136. The molecule has 1 heterocycles. The van der Waals surface area contributed by atoms with Gasteiger partial charge < -0.3 is 5.11 Å². The van der Waals surface area contributed by atoms with Crippen molar-refractivity contribution in [2.24, 2.45) is 0 Å². The summed E-state index contributed by atoms with van der Waals surface area (Å²) in [6.45, 7) is 1.85. The van der Waals surface area contributed by atoms with Gasteiger partial charge in [0.05, 0.1) is 12.1 Å². The Morgan fingerprint density at radius 3 is 2.81 bits per heavy atom. The molecule has 0 bridgehead atoms. The van der Waals surface area contributed by atoms with Gasteiger partial charge in [-0.1, -0.05) is 6.07 Å². The van der Waals surface area contributed by atoms with E-state index >= 15 is 0 Å². The Morgan fingerprint density at radius 1 is 1.48 bits per heavy atom. The maximum Gasteiger partial charge on any atom is 0.309 e. The zero-order chi connectivity index (χ0) is 15.6. The molecule has 0 saturated carbocycles. The number of aryl methyl sites for hydroxylation is 1. The van der Waals surface area contributed by atoms with Gasteiger partial charge in [-0.3, -0.25) is 9.52 Å². The van der Waals surface area contributed by atoms with Gasteiger partial charge in [0.25, 0.3) is 10.0 Å². The van der Waals surface area contributed by atoms with Crippen LogP contribution in [0, 0.1) is 6.92 Å². The molecule has 0 atom stereocenters. The fourth-order valence-electron chi connectivity index (χ4n) is 1.58. The third-order valence-electron chi connectivity index (χ3n) is 2.48. The van der Waals surface area contributed by atoms with Gasteiger partial charge in [0.1, 0.15) is 4.90 Å². The summed E-state index contributed by atoms with van der Waals surface area (Å²) in [4.78, 5) is 14.6. The zero-order valence-corrected chi connectivity index (χ0v) is 14.0. The van der Waals surface area contributed by atoms with Gasteiger partial charge >= 0.3 is 5.97 Å². The van der Waals surface area contributed by atoms with E-state index in [2.05, 4.69) is 25.6 Å². The van der Waals surface area contributed by atoms with Crippen molar-refractivity contribution < 1.29 is 18.3 Å². The maximum absolute atomic E-state index is 12.3. The van der Waals surface area contributed by atoms with Crippen LogP contribution in [0.25, 0.3) is 0 Å². The monoisotopic (exact) mass is 390 g/mol. The van der Waals surface area contributed by atoms with Crippen molar-refractivity contribution in [1.82, 2.24) is 4.98 Å². The molecule has 1 aromatic carbocycles. The van der Waals surface area contributed by atoms with E-state index in [4.69, 9.17) is 5.11 Å². The van der Waals surface area contributed by atoms with Gasteiger partial charge in [-0.25, -0.2) is 13.4 Å². The predicted octanol–water partition coefficient (Wildman–Crippen LogP) is 2.64. The van der Waals surface area contributed by atoms with Gasteiger partial charge in [-0.2, -0.15) is 0 Å². The van der Waals surface area contributed by atoms with Gasteiger partial charge in [0.15, 0.2) is 5.13 Å². The van der Waals surface area contributed by atoms with E-state index in [0.717, 1.165) is 16.9 Å². The van der Waals surface area contributed by atoms with Crippen LogP contribution in [0.5, 0.6) is 0 Å². The molecule has 0 spiro atoms. The fourth-order valence-corrected chi connectivity index (χ4v) is 4.74. The molecule has 0 amide bonds. The summed E-state index contributed by atoms with van der Waals surface area (Å²) >= 11 is 4.26. The Balaban J connectivity index is 2.25. The van der Waals surface area contributed by atoms with Crippen molar-refractivity contribution in [2.75, 3.05) is 4.72 Å². The number of aromatic nitrogens is 1. The summed E-state index contributed by atoms with van der Waals surface area (Å²) in [5.74, 6) is -1.02. The van der Waals surface area contributed by atoms with Crippen LogP contribution in [0.3, 0.4) is 0 Å². The number of halogens is 1. The highest BCUT2D eigenvalue weighted by molar-refractivity contribution is 9.10. The number of anilines is 1. The van der Waals surface area contributed by atoms with Crippen LogP contribution in [0.2, 0.25) is 0 Å². The summed E-state index contributed by atoms with van der Waals surface area (Å²) in [6.07, 6.45) is -0.244. The van der Waals surface area contributed by atoms with E-state index in [1.54, 1.807) is 12.1 Å². The Hall–Kier alpha value is -1.45. The number of rotatable bonds is 5. The van der Waals surface area contributed by atoms with Crippen molar-refractivity contribution in [3.63, 3.8) is 0 Å². The Labute approximate surface area is 134 Å². The second-order valence-corrected chi connectivity index (χ2v) is 7.62. The molecule has 2 N–H and O–H groups in total. The van der Waals surface area contributed by atoms with Gasteiger partial charge in [0.2, 0.25) is 0 Å². The quantitative estimate of drug-likeness (QED) is 0.817. The Kier molecular flexibility index (Phi) is 4.64. The van der Waals surface area contributed by atoms with Crippen LogP contribution in [-0.4, -0.2) is 24.5 Å². The van der Waals surface area contributed by atoms with Gasteiger partial charge in [0, 0.05) is 9.85 Å². The second kappa shape index (κ2) is 6.12. The standard InChI is InChI=1S/C12H11BrN2O4S2/c1-7-2-3-10(9(13)4-7)21(18,19)15-12-14-8(6-20-12)5-11(16)17/h2-4,6H,5H2,1H3,(H,14,15)(H,16,17). The van der Waals surface area contributed by atoms with E-state index in [-0.39, 0.29) is 16.4 Å². The van der Waals surface area contributed by atoms with Crippen LogP contribution in [0.15, 0.2) is 32.9 Å². The molecule has 0 aliphatic carbocycles. The minimum absolute atomic E-state index is 0.100. The van der Waals surface area contributed by atoms with Gasteiger partial charge in [-0.15, -0.1) is 11.3 Å². The molecule has 0 saturated heterocycles. The lowest BCUT2D eigenvalue weighted by Gasteiger charge is -2.07. The molecular formula is C12H11BrN2O4S2. The Morgan fingerprint density at radius 2 is 2.19 bits per heavy atom. The summed E-state index contributed by atoms with van der Waals surface area (Å²) in [5, 5.41) is 10.3. The molecule has 2 rings (SSSR count). The minimum atomic E-state index is -3.77. The molecule has 1 aromatic heterocycles. The fraction of sp³-hybridized carbons (Fsp3) is 0.167. The molecular weight excluding hydrogens is 380 g/mol. The normalized spacial score (nSPS) is 11.3. The average Bonchev–Trinajstić information content (AvgIpc) is 2.73. The molecule has 0 aliphatic heterocycles. The number of hydrogen-bond donors (Lipinski definition) is 2.